The molecule has 152 valence electrons. The standard InChI is InChI=1S/C24H14ClF2N3S/c25-16-11-9-15(10-12-16)22-14-31-24(28-22)30-23(18-6-2-4-8-20(18)27)13-21(29-30)17-5-1-3-7-19(17)26/h1-14H. The number of hydrogen-bond acceptors (Lipinski definition) is 3. The number of halogens is 3. The summed E-state index contributed by atoms with van der Waals surface area (Å²) in [4.78, 5) is 4.69. The first-order valence-electron chi connectivity index (χ1n) is 9.42. The lowest BCUT2D eigenvalue weighted by atomic mass is 10.1. The Labute approximate surface area is 186 Å². The van der Waals surface area contributed by atoms with Crippen molar-refractivity contribution in [1.82, 2.24) is 14.8 Å². The van der Waals surface area contributed by atoms with Gasteiger partial charge in [-0.3, -0.25) is 0 Å². The van der Waals surface area contributed by atoms with Gasteiger partial charge in [0.05, 0.1) is 17.1 Å². The van der Waals surface area contributed by atoms with Crippen LogP contribution < -0.4 is 0 Å². The van der Waals surface area contributed by atoms with Crippen molar-refractivity contribution in [3.63, 3.8) is 0 Å². The minimum atomic E-state index is -0.395. The molecule has 0 bridgehead atoms. The van der Waals surface area contributed by atoms with Crippen LogP contribution in [0.3, 0.4) is 0 Å². The van der Waals surface area contributed by atoms with E-state index in [1.54, 1.807) is 59.3 Å². The van der Waals surface area contributed by atoms with Gasteiger partial charge in [-0.25, -0.2) is 18.4 Å². The molecule has 2 heterocycles. The van der Waals surface area contributed by atoms with Crippen molar-refractivity contribution >= 4 is 22.9 Å². The smallest absolute Gasteiger partial charge is 0.211 e. The Morgan fingerprint density at radius 2 is 1.42 bits per heavy atom. The zero-order valence-corrected chi connectivity index (χ0v) is 17.5. The lowest BCUT2D eigenvalue weighted by molar-refractivity contribution is 0.629. The van der Waals surface area contributed by atoms with E-state index >= 15 is 0 Å². The second-order valence-electron chi connectivity index (χ2n) is 6.81. The molecule has 0 radical (unpaired) electrons. The Morgan fingerprint density at radius 3 is 2.10 bits per heavy atom. The fraction of sp³-hybridized carbons (Fsp3) is 0. The minimum Gasteiger partial charge on any atom is -0.218 e. The van der Waals surface area contributed by atoms with E-state index in [1.807, 2.05) is 17.5 Å². The van der Waals surface area contributed by atoms with E-state index < -0.39 is 11.6 Å². The number of aromatic nitrogens is 3. The van der Waals surface area contributed by atoms with Gasteiger partial charge in [-0.05, 0) is 42.5 Å². The Bertz CT molecular complexity index is 1380. The summed E-state index contributed by atoms with van der Waals surface area (Å²) in [5.74, 6) is -0.786. The van der Waals surface area contributed by atoms with Gasteiger partial charge in [-0.2, -0.15) is 5.10 Å². The minimum absolute atomic E-state index is 0.341. The molecule has 0 N–H and O–H groups in total. The Kier molecular flexibility index (Phi) is 5.10. The predicted molar refractivity (Wildman–Crippen MR) is 120 cm³/mol. The second-order valence-corrected chi connectivity index (χ2v) is 8.08. The van der Waals surface area contributed by atoms with Crippen LogP contribution in [0.4, 0.5) is 8.78 Å². The van der Waals surface area contributed by atoms with Crippen molar-refractivity contribution < 1.29 is 8.78 Å². The number of rotatable bonds is 4. The Morgan fingerprint density at radius 1 is 0.774 bits per heavy atom. The second kappa shape index (κ2) is 8.06. The van der Waals surface area contributed by atoms with Crippen molar-refractivity contribution in [3.05, 3.63) is 101 Å². The molecule has 0 aliphatic heterocycles. The Balaban J connectivity index is 1.67. The zero-order valence-electron chi connectivity index (χ0n) is 16.0. The molecular formula is C24H14ClF2N3S. The third-order valence-corrected chi connectivity index (χ3v) is 5.89. The van der Waals surface area contributed by atoms with Crippen molar-refractivity contribution in [3.8, 4) is 38.9 Å². The van der Waals surface area contributed by atoms with Crippen LogP contribution in [0.5, 0.6) is 0 Å². The molecule has 0 atom stereocenters. The van der Waals surface area contributed by atoms with E-state index in [0.717, 1.165) is 11.3 Å². The molecule has 0 amide bonds. The molecule has 0 aliphatic carbocycles. The molecule has 0 fully saturated rings. The van der Waals surface area contributed by atoms with Crippen LogP contribution in [0.15, 0.2) is 84.2 Å². The van der Waals surface area contributed by atoms with Crippen LogP contribution in [0.25, 0.3) is 38.9 Å². The predicted octanol–water partition coefficient (Wildman–Crippen LogP) is 7.26. The molecule has 3 nitrogen and oxygen atoms in total. The summed E-state index contributed by atoms with van der Waals surface area (Å²) in [6.07, 6.45) is 0. The highest BCUT2D eigenvalue weighted by atomic mass is 35.5. The summed E-state index contributed by atoms with van der Waals surface area (Å²) < 4.78 is 30.6. The van der Waals surface area contributed by atoms with Gasteiger partial charge >= 0.3 is 0 Å². The molecule has 5 aromatic rings. The lowest BCUT2D eigenvalue weighted by Crippen LogP contribution is -2.00. The summed E-state index contributed by atoms with van der Waals surface area (Å²) in [5, 5.41) is 7.67. The third kappa shape index (κ3) is 3.76. The van der Waals surface area contributed by atoms with Crippen molar-refractivity contribution in [2.45, 2.75) is 0 Å². The van der Waals surface area contributed by atoms with Crippen molar-refractivity contribution in [1.29, 1.82) is 0 Å². The summed E-state index contributed by atoms with van der Waals surface area (Å²) in [7, 11) is 0. The highest BCUT2D eigenvalue weighted by Crippen LogP contribution is 2.33. The molecule has 0 saturated carbocycles. The molecule has 0 aliphatic rings. The highest BCUT2D eigenvalue weighted by molar-refractivity contribution is 7.12. The van der Waals surface area contributed by atoms with E-state index in [9.17, 15) is 8.78 Å². The molecule has 7 heteroatoms. The van der Waals surface area contributed by atoms with Gasteiger partial charge in [-0.1, -0.05) is 48.0 Å². The van der Waals surface area contributed by atoms with Crippen LogP contribution in [-0.2, 0) is 0 Å². The third-order valence-electron chi connectivity index (χ3n) is 4.82. The largest absolute Gasteiger partial charge is 0.218 e. The number of benzene rings is 3. The van der Waals surface area contributed by atoms with Crippen molar-refractivity contribution in [2.75, 3.05) is 0 Å². The monoisotopic (exact) mass is 449 g/mol. The first-order chi connectivity index (χ1) is 15.1. The van der Waals surface area contributed by atoms with Crippen LogP contribution >= 0.6 is 22.9 Å². The van der Waals surface area contributed by atoms with E-state index in [1.165, 1.54) is 23.5 Å². The van der Waals surface area contributed by atoms with E-state index in [2.05, 4.69) is 10.1 Å². The topological polar surface area (TPSA) is 30.7 Å². The van der Waals surface area contributed by atoms with Gasteiger partial charge in [-0.15, -0.1) is 11.3 Å². The van der Waals surface area contributed by atoms with E-state index in [4.69, 9.17) is 11.6 Å². The number of hydrogen-bond donors (Lipinski definition) is 0. The first-order valence-corrected chi connectivity index (χ1v) is 10.7. The van der Waals surface area contributed by atoms with Crippen LogP contribution in [0.2, 0.25) is 5.02 Å². The van der Waals surface area contributed by atoms with Gasteiger partial charge < -0.3 is 0 Å². The molecule has 2 aromatic heterocycles. The first kappa shape index (κ1) is 19.6. The molecule has 0 saturated heterocycles. The normalized spacial score (nSPS) is 11.1. The maximum Gasteiger partial charge on any atom is 0.211 e. The average Bonchev–Trinajstić information content (AvgIpc) is 3.42. The SMILES string of the molecule is Fc1ccccc1-c1cc(-c2ccccc2F)n(-c2nc(-c3ccc(Cl)cc3)cs2)n1. The Hall–Kier alpha value is -3.35. The molecule has 0 spiro atoms. The van der Waals surface area contributed by atoms with Gasteiger partial charge in [0.1, 0.15) is 11.6 Å². The van der Waals surface area contributed by atoms with Crippen LogP contribution in [0, 0.1) is 11.6 Å². The fourth-order valence-corrected chi connectivity index (χ4v) is 4.22. The summed E-state index contributed by atoms with van der Waals surface area (Å²) in [6.45, 7) is 0. The average molecular weight is 450 g/mol. The fourth-order valence-electron chi connectivity index (χ4n) is 3.30. The molecule has 31 heavy (non-hydrogen) atoms. The summed E-state index contributed by atoms with van der Waals surface area (Å²) in [6, 6.07) is 21.8. The highest BCUT2D eigenvalue weighted by Gasteiger charge is 2.19. The maximum atomic E-state index is 14.6. The molecule has 5 rings (SSSR count). The van der Waals surface area contributed by atoms with Gasteiger partial charge in [0.2, 0.25) is 5.13 Å². The van der Waals surface area contributed by atoms with Gasteiger partial charge in [0, 0.05) is 27.1 Å². The number of nitrogens with zero attached hydrogens (tertiary/aromatic N) is 3. The van der Waals surface area contributed by atoms with Gasteiger partial charge in [0.25, 0.3) is 0 Å². The molecule has 0 unspecified atom stereocenters. The molecule has 3 aromatic carbocycles. The van der Waals surface area contributed by atoms with Gasteiger partial charge in [0.15, 0.2) is 0 Å². The maximum absolute atomic E-state index is 14.6. The van der Waals surface area contributed by atoms with Crippen LogP contribution in [0.1, 0.15) is 0 Å². The van der Waals surface area contributed by atoms with Crippen molar-refractivity contribution in [2.24, 2.45) is 0 Å². The zero-order chi connectivity index (χ0) is 21.4. The molecular weight excluding hydrogens is 436 g/mol. The van der Waals surface area contributed by atoms with E-state index in [0.29, 0.717) is 32.7 Å². The summed E-state index contributed by atoms with van der Waals surface area (Å²) in [5.41, 5.74) is 3.25. The number of thiazole rings is 1. The van der Waals surface area contributed by atoms with E-state index in [-0.39, 0.29) is 0 Å². The lowest BCUT2D eigenvalue weighted by Gasteiger charge is -2.05. The van der Waals surface area contributed by atoms with Crippen LogP contribution in [-0.4, -0.2) is 14.8 Å². The summed E-state index contributed by atoms with van der Waals surface area (Å²) >= 11 is 7.35. The quantitative estimate of drug-likeness (QED) is 0.289.